The van der Waals surface area contributed by atoms with Gasteiger partial charge >= 0.3 is 5.97 Å². The van der Waals surface area contributed by atoms with Crippen molar-refractivity contribution >= 4 is 11.7 Å². The van der Waals surface area contributed by atoms with Crippen molar-refractivity contribution in [1.29, 1.82) is 0 Å². The first-order valence-corrected chi connectivity index (χ1v) is 6.73. The van der Waals surface area contributed by atoms with E-state index in [1.165, 1.54) is 6.07 Å². The van der Waals surface area contributed by atoms with Crippen molar-refractivity contribution in [3.8, 4) is 16.9 Å². The maximum absolute atomic E-state index is 11.2. The molecule has 0 atom stereocenters. The monoisotopic (exact) mass is 305 g/mol. The molecule has 1 N–H and O–H groups in total. The molecule has 0 aliphatic rings. The number of carbonyl (C=O) groups is 1. The number of carboxylic acids is 1. The first kappa shape index (κ1) is 14.4. The zero-order valence-electron chi connectivity index (χ0n) is 11.9. The van der Waals surface area contributed by atoms with Crippen LogP contribution < -0.4 is 0 Å². The third kappa shape index (κ3) is 2.90. The van der Waals surface area contributed by atoms with Crippen molar-refractivity contribution in [2.45, 2.75) is 0 Å². The summed E-state index contributed by atoms with van der Waals surface area (Å²) in [6.45, 7) is 0. The minimum absolute atomic E-state index is 0.0389. The molecule has 3 aromatic rings. The molecule has 3 rings (SSSR count). The van der Waals surface area contributed by atoms with Crippen LogP contribution in [0.5, 0.6) is 0 Å². The largest absolute Gasteiger partial charge is 0.476 e. The van der Waals surface area contributed by atoms with Crippen LogP contribution in [0.15, 0.2) is 65.8 Å². The normalized spacial score (nSPS) is 10.1. The lowest BCUT2D eigenvalue weighted by Crippen LogP contribution is -2.02. The molecule has 0 amide bonds. The van der Waals surface area contributed by atoms with Crippen LogP contribution in [0.1, 0.15) is 10.5 Å². The van der Waals surface area contributed by atoms with E-state index in [-0.39, 0.29) is 5.69 Å². The molecule has 0 aliphatic heterocycles. The van der Waals surface area contributed by atoms with Crippen molar-refractivity contribution in [2.75, 3.05) is 0 Å². The van der Waals surface area contributed by atoms with Crippen LogP contribution in [-0.2, 0) is 0 Å². The van der Waals surface area contributed by atoms with Crippen molar-refractivity contribution in [1.82, 2.24) is 9.78 Å². The molecule has 0 saturated heterocycles. The number of aromatic nitrogens is 2. The number of aromatic carboxylic acids is 1. The Morgan fingerprint density at radius 3 is 2.43 bits per heavy atom. The van der Waals surface area contributed by atoms with E-state index in [2.05, 4.69) is 15.1 Å². The van der Waals surface area contributed by atoms with E-state index in [0.717, 1.165) is 5.56 Å². The average Bonchev–Trinajstić information content (AvgIpc) is 3.02. The standard InChI is InChI=1S/C16H11N5O2/c17-20-18-12-6-8-13(9-7-12)21-15(10-14(19-21)16(22)23)11-4-2-1-3-5-11/h1-10H,(H,22,23). The number of hydrogen-bond acceptors (Lipinski definition) is 3. The molecular weight excluding hydrogens is 294 g/mol. The predicted octanol–water partition coefficient (Wildman–Crippen LogP) is 4.18. The third-order valence-electron chi connectivity index (χ3n) is 3.25. The average molecular weight is 305 g/mol. The molecule has 0 bridgehead atoms. The first-order chi connectivity index (χ1) is 11.2. The third-order valence-corrected chi connectivity index (χ3v) is 3.25. The summed E-state index contributed by atoms with van der Waals surface area (Å²) in [5.74, 6) is -1.09. The van der Waals surface area contributed by atoms with Crippen molar-refractivity contribution in [3.63, 3.8) is 0 Å². The van der Waals surface area contributed by atoms with Gasteiger partial charge in [-0.05, 0) is 23.7 Å². The van der Waals surface area contributed by atoms with Gasteiger partial charge in [-0.1, -0.05) is 47.6 Å². The molecule has 1 heterocycles. The Hall–Kier alpha value is -3.57. The lowest BCUT2D eigenvalue weighted by Gasteiger charge is -2.07. The summed E-state index contributed by atoms with van der Waals surface area (Å²) in [5.41, 5.74) is 11.1. The quantitative estimate of drug-likeness (QED) is 0.444. The van der Waals surface area contributed by atoms with Gasteiger partial charge in [-0.15, -0.1) is 0 Å². The van der Waals surface area contributed by atoms with Crippen molar-refractivity contribution in [3.05, 3.63) is 76.8 Å². The number of azide groups is 1. The van der Waals surface area contributed by atoms with Gasteiger partial charge in [-0.2, -0.15) is 5.10 Å². The number of hydrogen-bond donors (Lipinski definition) is 1. The Bertz CT molecular complexity index is 894. The summed E-state index contributed by atoms with van der Waals surface area (Å²) >= 11 is 0. The summed E-state index contributed by atoms with van der Waals surface area (Å²) in [5, 5.41) is 16.9. The second kappa shape index (κ2) is 6.05. The summed E-state index contributed by atoms with van der Waals surface area (Å²) in [6.07, 6.45) is 0. The number of rotatable bonds is 4. The Morgan fingerprint density at radius 2 is 1.83 bits per heavy atom. The van der Waals surface area contributed by atoms with E-state index >= 15 is 0 Å². The fourth-order valence-corrected chi connectivity index (χ4v) is 2.21. The molecule has 0 radical (unpaired) electrons. The zero-order chi connectivity index (χ0) is 16.2. The molecule has 1 aromatic heterocycles. The maximum atomic E-state index is 11.2. The van der Waals surface area contributed by atoms with E-state index in [0.29, 0.717) is 17.1 Å². The molecule has 0 aliphatic carbocycles. The molecule has 0 saturated carbocycles. The molecule has 0 fully saturated rings. The lowest BCUT2D eigenvalue weighted by atomic mass is 10.1. The molecule has 0 spiro atoms. The smallest absolute Gasteiger partial charge is 0.356 e. The second-order valence-electron chi connectivity index (χ2n) is 4.70. The molecule has 23 heavy (non-hydrogen) atoms. The van der Waals surface area contributed by atoms with E-state index < -0.39 is 5.97 Å². The molecule has 2 aromatic carbocycles. The van der Waals surface area contributed by atoms with Crippen LogP contribution in [0.3, 0.4) is 0 Å². The van der Waals surface area contributed by atoms with Gasteiger partial charge in [0.2, 0.25) is 0 Å². The van der Waals surface area contributed by atoms with Crippen LogP contribution in [0, 0.1) is 0 Å². The minimum Gasteiger partial charge on any atom is -0.476 e. The molecule has 7 heteroatoms. The Morgan fingerprint density at radius 1 is 1.13 bits per heavy atom. The van der Waals surface area contributed by atoms with Gasteiger partial charge in [0.25, 0.3) is 0 Å². The number of nitrogens with zero attached hydrogens (tertiary/aromatic N) is 5. The topological polar surface area (TPSA) is 104 Å². The highest BCUT2D eigenvalue weighted by molar-refractivity contribution is 5.87. The first-order valence-electron chi connectivity index (χ1n) is 6.73. The highest BCUT2D eigenvalue weighted by Gasteiger charge is 2.15. The van der Waals surface area contributed by atoms with Gasteiger partial charge in [0.1, 0.15) is 0 Å². The van der Waals surface area contributed by atoms with E-state index in [9.17, 15) is 9.90 Å². The predicted molar refractivity (Wildman–Crippen MR) is 84.8 cm³/mol. The number of carboxylic acid groups (broad SMARTS) is 1. The van der Waals surface area contributed by atoms with E-state index in [1.54, 1.807) is 28.9 Å². The van der Waals surface area contributed by atoms with E-state index in [1.807, 2.05) is 30.3 Å². The van der Waals surface area contributed by atoms with Gasteiger partial charge in [0, 0.05) is 16.2 Å². The van der Waals surface area contributed by atoms with E-state index in [4.69, 9.17) is 5.53 Å². The summed E-state index contributed by atoms with van der Waals surface area (Å²) < 4.78 is 1.55. The second-order valence-corrected chi connectivity index (χ2v) is 4.70. The highest BCUT2D eigenvalue weighted by atomic mass is 16.4. The lowest BCUT2D eigenvalue weighted by molar-refractivity contribution is 0.0690. The zero-order valence-corrected chi connectivity index (χ0v) is 11.9. The minimum atomic E-state index is -1.09. The number of benzene rings is 2. The molecule has 0 unspecified atom stereocenters. The molecular formula is C16H11N5O2. The highest BCUT2D eigenvalue weighted by Crippen LogP contribution is 2.25. The van der Waals surface area contributed by atoms with Crippen LogP contribution >= 0.6 is 0 Å². The summed E-state index contributed by atoms with van der Waals surface area (Å²) in [4.78, 5) is 14.0. The Balaban J connectivity index is 2.14. The van der Waals surface area contributed by atoms with Gasteiger partial charge in [-0.25, -0.2) is 9.48 Å². The fourth-order valence-electron chi connectivity index (χ4n) is 2.21. The van der Waals surface area contributed by atoms with Gasteiger partial charge in [-0.3, -0.25) is 0 Å². The fraction of sp³-hybridized carbons (Fsp3) is 0. The van der Waals surface area contributed by atoms with Crippen LogP contribution in [0.2, 0.25) is 0 Å². The van der Waals surface area contributed by atoms with Crippen LogP contribution in [0.25, 0.3) is 27.4 Å². The molecule has 112 valence electrons. The maximum Gasteiger partial charge on any atom is 0.356 e. The van der Waals surface area contributed by atoms with Gasteiger partial charge in [0.15, 0.2) is 5.69 Å². The molecule has 7 nitrogen and oxygen atoms in total. The van der Waals surface area contributed by atoms with Crippen LogP contribution in [-0.4, -0.2) is 20.9 Å². The Kier molecular flexibility index (Phi) is 3.78. The van der Waals surface area contributed by atoms with Gasteiger partial charge < -0.3 is 5.11 Å². The van der Waals surface area contributed by atoms with Crippen molar-refractivity contribution in [2.24, 2.45) is 5.11 Å². The SMILES string of the molecule is [N-]=[N+]=Nc1ccc(-n2nc(C(=O)O)cc2-c2ccccc2)cc1. The summed E-state index contributed by atoms with van der Waals surface area (Å²) in [7, 11) is 0. The van der Waals surface area contributed by atoms with Gasteiger partial charge in [0.05, 0.1) is 11.4 Å². The summed E-state index contributed by atoms with van der Waals surface area (Å²) in [6, 6.07) is 17.6. The Labute approximate surface area is 131 Å². The van der Waals surface area contributed by atoms with Crippen molar-refractivity contribution < 1.29 is 9.90 Å². The van der Waals surface area contributed by atoms with Crippen LogP contribution in [0.4, 0.5) is 5.69 Å².